The maximum atomic E-state index is 12.4. The van der Waals surface area contributed by atoms with Crippen LogP contribution in [0.3, 0.4) is 0 Å². The molecule has 0 saturated carbocycles. The molecular weight excluding hydrogens is 465 g/mol. The minimum Gasteiger partial charge on any atom is -0.452 e. The first kappa shape index (κ1) is 23.0. The van der Waals surface area contributed by atoms with Crippen molar-refractivity contribution < 1.29 is 22.7 Å². The number of ether oxygens (including phenoxy) is 1. The Balaban J connectivity index is 1.58. The Morgan fingerprint density at radius 1 is 1.10 bits per heavy atom. The Kier molecular flexibility index (Phi) is 7.11. The van der Waals surface area contributed by atoms with Crippen molar-refractivity contribution in [2.24, 2.45) is 0 Å². The van der Waals surface area contributed by atoms with Gasteiger partial charge in [-0.15, -0.1) is 0 Å². The predicted octanol–water partition coefficient (Wildman–Crippen LogP) is 3.39. The van der Waals surface area contributed by atoms with Crippen LogP contribution in [0.2, 0.25) is 10.0 Å². The van der Waals surface area contributed by atoms with Gasteiger partial charge in [0.2, 0.25) is 10.0 Å². The number of anilines is 1. The van der Waals surface area contributed by atoms with Gasteiger partial charge >= 0.3 is 5.97 Å². The lowest BCUT2D eigenvalue weighted by Gasteiger charge is -2.15. The number of nitrogens with one attached hydrogen (secondary N) is 2. The Labute approximate surface area is 188 Å². The van der Waals surface area contributed by atoms with Gasteiger partial charge in [0, 0.05) is 11.6 Å². The molecule has 3 aromatic rings. The zero-order chi connectivity index (χ0) is 22.6. The number of halogens is 2. The molecule has 2 N–H and O–H groups in total. The second kappa shape index (κ2) is 9.61. The average Bonchev–Trinajstić information content (AvgIpc) is 2.74. The molecule has 0 bridgehead atoms. The zero-order valence-electron chi connectivity index (χ0n) is 16.1. The second-order valence-electron chi connectivity index (χ2n) is 6.40. The number of aromatic nitrogens is 1. The van der Waals surface area contributed by atoms with Gasteiger partial charge in [0.25, 0.3) is 5.91 Å². The average molecular weight is 482 g/mol. The van der Waals surface area contributed by atoms with Crippen molar-refractivity contribution in [1.82, 2.24) is 9.71 Å². The molecule has 0 aliphatic heterocycles. The van der Waals surface area contributed by atoms with Crippen LogP contribution in [-0.4, -0.2) is 37.9 Å². The standard InChI is InChI=1S/C20H17Cl2N3O5S/c1-12(20(27)25-18-6-2-5-17-14(18)4-3-9-23-17)30-19(26)11-24-31(28,29)13-7-8-15(21)16(22)10-13/h2-10,12,24H,11H2,1H3,(H,25,27). The number of nitrogens with zero attached hydrogens (tertiary/aromatic N) is 1. The zero-order valence-corrected chi connectivity index (χ0v) is 18.5. The van der Waals surface area contributed by atoms with Crippen LogP contribution in [0.4, 0.5) is 5.69 Å². The van der Waals surface area contributed by atoms with E-state index in [1.807, 2.05) is 0 Å². The third-order valence-corrected chi connectivity index (χ3v) is 6.33. The van der Waals surface area contributed by atoms with E-state index in [-0.39, 0.29) is 14.9 Å². The molecule has 11 heteroatoms. The fourth-order valence-corrected chi connectivity index (χ4v) is 3.98. The van der Waals surface area contributed by atoms with E-state index in [1.165, 1.54) is 19.1 Å². The molecule has 8 nitrogen and oxygen atoms in total. The van der Waals surface area contributed by atoms with Gasteiger partial charge in [-0.2, -0.15) is 4.72 Å². The largest absolute Gasteiger partial charge is 0.452 e. The van der Waals surface area contributed by atoms with E-state index in [2.05, 4.69) is 15.0 Å². The number of amides is 1. The Bertz CT molecular complexity index is 1250. The highest BCUT2D eigenvalue weighted by molar-refractivity contribution is 7.89. The molecular formula is C20H17Cl2N3O5S. The molecule has 0 fully saturated rings. The van der Waals surface area contributed by atoms with Crippen LogP contribution < -0.4 is 10.0 Å². The molecule has 0 spiro atoms. The number of benzene rings is 2. The summed E-state index contributed by atoms with van der Waals surface area (Å²) in [7, 11) is -4.02. The van der Waals surface area contributed by atoms with E-state index in [1.54, 1.807) is 36.5 Å². The lowest BCUT2D eigenvalue weighted by atomic mass is 10.2. The molecule has 162 valence electrons. The van der Waals surface area contributed by atoms with E-state index >= 15 is 0 Å². The predicted molar refractivity (Wildman–Crippen MR) is 118 cm³/mol. The van der Waals surface area contributed by atoms with Crippen LogP contribution in [0.1, 0.15) is 6.92 Å². The molecule has 0 aliphatic carbocycles. The molecule has 1 aromatic heterocycles. The number of rotatable bonds is 7. The molecule has 0 radical (unpaired) electrons. The number of fused-ring (bicyclic) bond motifs is 1. The fourth-order valence-electron chi connectivity index (χ4n) is 2.62. The van der Waals surface area contributed by atoms with Crippen molar-refractivity contribution >= 4 is 61.7 Å². The molecule has 2 aromatic carbocycles. The minimum atomic E-state index is -4.02. The van der Waals surface area contributed by atoms with E-state index < -0.39 is 34.5 Å². The summed E-state index contributed by atoms with van der Waals surface area (Å²) in [5.41, 5.74) is 1.21. The van der Waals surface area contributed by atoms with Crippen LogP contribution in [-0.2, 0) is 24.3 Å². The van der Waals surface area contributed by atoms with Gasteiger partial charge < -0.3 is 10.1 Å². The monoisotopic (exact) mass is 481 g/mol. The van der Waals surface area contributed by atoms with Crippen molar-refractivity contribution in [3.8, 4) is 0 Å². The third-order valence-electron chi connectivity index (χ3n) is 4.19. The summed E-state index contributed by atoms with van der Waals surface area (Å²) in [4.78, 5) is 28.5. The quantitative estimate of drug-likeness (QED) is 0.499. The summed E-state index contributed by atoms with van der Waals surface area (Å²) >= 11 is 11.6. The van der Waals surface area contributed by atoms with Gasteiger partial charge in [-0.1, -0.05) is 29.3 Å². The molecule has 0 saturated heterocycles. The molecule has 1 amide bonds. The van der Waals surface area contributed by atoms with Gasteiger partial charge in [-0.05, 0) is 49.4 Å². The summed E-state index contributed by atoms with van der Waals surface area (Å²) in [6.07, 6.45) is 0.478. The number of hydrogen-bond donors (Lipinski definition) is 2. The maximum absolute atomic E-state index is 12.4. The summed E-state index contributed by atoms with van der Waals surface area (Å²) in [6, 6.07) is 12.5. The first-order chi connectivity index (χ1) is 14.7. The van der Waals surface area contributed by atoms with Crippen LogP contribution >= 0.6 is 23.2 Å². The number of sulfonamides is 1. The van der Waals surface area contributed by atoms with E-state index in [0.29, 0.717) is 11.2 Å². The van der Waals surface area contributed by atoms with Crippen LogP contribution in [0, 0.1) is 0 Å². The van der Waals surface area contributed by atoms with Gasteiger partial charge in [0.05, 0.1) is 26.1 Å². The van der Waals surface area contributed by atoms with Crippen LogP contribution in [0.15, 0.2) is 59.6 Å². The number of carbonyl (C=O) groups is 2. The molecule has 1 heterocycles. The molecule has 3 rings (SSSR count). The summed E-state index contributed by atoms with van der Waals surface area (Å²) in [6.45, 7) is 0.711. The fraction of sp³-hybridized carbons (Fsp3) is 0.150. The highest BCUT2D eigenvalue weighted by Crippen LogP contribution is 2.25. The summed E-state index contributed by atoms with van der Waals surface area (Å²) in [5.74, 6) is -1.50. The van der Waals surface area contributed by atoms with E-state index in [4.69, 9.17) is 27.9 Å². The van der Waals surface area contributed by atoms with Gasteiger partial charge in [0.15, 0.2) is 6.10 Å². The van der Waals surface area contributed by atoms with Crippen LogP contribution in [0.5, 0.6) is 0 Å². The van der Waals surface area contributed by atoms with E-state index in [0.717, 1.165) is 11.5 Å². The van der Waals surface area contributed by atoms with Crippen molar-refractivity contribution in [2.45, 2.75) is 17.9 Å². The normalized spacial score (nSPS) is 12.4. The maximum Gasteiger partial charge on any atom is 0.321 e. The van der Waals surface area contributed by atoms with Gasteiger partial charge in [-0.3, -0.25) is 14.6 Å². The number of pyridine rings is 1. The van der Waals surface area contributed by atoms with Gasteiger partial charge in [0.1, 0.15) is 6.54 Å². The number of hydrogen-bond acceptors (Lipinski definition) is 6. The SMILES string of the molecule is CC(OC(=O)CNS(=O)(=O)c1ccc(Cl)c(Cl)c1)C(=O)Nc1cccc2ncccc12. The second-order valence-corrected chi connectivity index (χ2v) is 8.98. The number of carbonyl (C=O) groups excluding carboxylic acids is 2. The first-order valence-corrected chi connectivity index (χ1v) is 11.2. The van der Waals surface area contributed by atoms with Crippen molar-refractivity contribution in [1.29, 1.82) is 0 Å². The topological polar surface area (TPSA) is 114 Å². The third kappa shape index (κ3) is 5.71. The molecule has 1 unspecified atom stereocenters. The Morgan fingerprint density at radius 3 is 2.61 bits per heavy atom. The van der Waals surface area contributed by atoms with E-state index in [9.17, 15) is 18.0 Å². The summed E-state index contributed by atoms with van der Waals surface area (Å²) in [5, 5.41) is 3.66. The van der Waals surface area contributed by atoms with Crippen molar-refractivity contribution in [3.63, 3.8) is 0 Å². The van der Waals surface area contributed by atoms with Crippen molar-refractivity contribution in [3.05, 3.63) is 64.8 Å². The summed E-state index contributed by atoms with van der Waals surface area (Å²) < 4.78 is 31.7. The molecule has 1 atom stereocenters. The van der Waals surface area contributed by atoms with Gasteiger partial charge in [-0.25, -0.2) is 8.42 Å². The Hall–Kier alpha value is -2.72. The highest BCUT2D eigenvalue weighted by atomic mass is 35.5. The minimum absolute atomic E-state index is 0.0565. The van der Waals surface area contributed by atoms with Crippen LogP contribution in [0.25, 0.3) is 10.9 Å². The molecule has 31 heavy (non-hydrogen) atoms. The number of esters is 1. The Morgan fingerprint density at radius 2 is 1.87 bits per heavy atom. The van der Waals surface area contributed by atoms with Crippen molar-refractivity contribution in [2.75, 3.05) is 11.9 Å². The molecule has 0 aliphatic rings. The lowest BCUT2D eigenvalue weighted by Crippen LogP contribution is -2.35. The highest BCUT2D eigenvalue weighted by Gasteiger charge is 2.21. The smallest absolute Gasteiger partial charge is 0.321 e. The lowest BCUT2D eigenvalue weighted by molar-refractivity contribution is -0.151. The first-order valence-electron chi connectivity index (χ1n) is 8.96.